The summed E-state index contributed by atoms with van der Waals surface area (Å²) in [7, 11) is 0. The van der Waals surface area contributed by atoms with Crippen LogP contribution in [0.4, 0.5) is 11.5 Å². The Hall–Kier alpha value is -4.13. The number of aromatic nitrogens is 4. The van der Waals surface area contributed by atoms with E-state index in [-0.39, 0.29) is 0 Å². The summed E-state index contributed by atoms with van der Waals surface area (Å²) in [6, 6.07) is 15.2. The number of carbonyl (C=O) groups is 1. The molecule has 136 valence electrons. The highest BCUT2D eigenvalue weighted by atomic mass is 16.1. The van der Waals surface area contributed by atoms with Crippen molar-refractivity contribution >= 4 is 34.0 Å². The number of primary amides is 1. The van der Waals surface area contributed by atoms with Crippen LogP contribution in [0.15, 0.2) is 73.3 Å². The zero-order valence-electron chi connectivity index (χ0n) is 14.8. The van der Waals surface area contributed by atoms with Gasteiger partial charge in [0.15, 0.2) is 11.5 Å². The third kappa shape index (κ3) is 2.66. The summed E-state index contributed by atoms with van der Waals surface area (Å²) in [5, 5.41) is 4.47. The molecule has 5 aromatic rings. The number of benzene rings is 2. The van der Waals surface area contributed by atoms with Gasteiger partial charge in [-0.2, -0.15) is 0 Å². The second-order valence-electron chi connectivity index (χ2n) is 6.46. The second-order valence-corrected chi connectivity index (χ2v) is 6.46. The van der Waals surface area contributed by atoms with Gasteiger partial charge in [0.25, 0.3) is 0 Å². The largest absolute Gasteiger partial charge is 0.366 e. The number of hydrogen-bond acceptors (Lipinski definition) is 4. The molecular weight excluding hydrogens is 352 g/mol. The van der Waals surface area contributed by atoms with Crippen molar-refractivity contribution in [3.8, 4) is 11.3 Å². The van der Waals surface area contributed by atoms with Gasteiger partial charge in [-0.25, -0.2) is 9.97 Å². The lowest BCUT2D eigenvalue weighted by molar-refractivity contribution is 0.100. The van der Waals surface area contributed by atoms with Crippen LogP contribution in [0.3, 0.4) is 0 Å². The van der Waals surface area contributed by atoms with E-state index < -0.39 is 5.91 Å². The fraction of sp³-hybridized carbons (Fsp3) is 0. The highest BCUT2D eigenvalue weighted by Crippen LogP contribution is 2.26. The van der Waals surface area contributed by atoms with E-state index in [0.29, 0.717) is 17.0 Å². The highest BCUT2D eigenvalue weighted by molar-refractivity contribution is 5.93. The van der Waals surface area contributed by atoms with Crippen LogP contribution >= 0.6 is 0 Å². The minimum absolute atomic E-state index is 0.448. The molecule has 0 aliphatic rings. The Morgan fingerprint density at radius 2 is 1.93 bits per heavy atom. The van der Waals surface area contributed by atoms with E-state index in [1.807, 2.05) is 47.1 Å². The zero-order chi connectivity index (χ0) is 19.1. The van der Waals surface area contributed by atoms with Crippen molar-refractivity contribution in [3.05, 3.63) is 78.9 Å². The normalized spacial score (nSPS) is 11.1. The maximum absolute atomic E-state index is 11.3. The molecule has 0 aliphatic carbocycles. The van der Waals surface area contributed by atoms with Gasteiger partial charge in [0.1, 0.15) is 0 Å². The van der Waals surface area contributed by atoms with E-state index in [4.69, 9.17) is 5.73 Å². The topological polar surface area (TPSA) is 101 Å². The fourth-order valence-corrected chi connectivity index (χ4v) is 3.29. The van der Waals surface area contributed by atoms with Crippen molar-refractivity contribution in [2.45, 2.75) is 0 Å². The first-order valence-corrected chi connectivity index (χ1v) is 8.75. The first-order valence-electron chi connectivity index (χ1n) is 8.75. The predicted octanol–water partition coefficient (Wildman–Crippen LogP) is 3.72. The molecule has 0 spiro atoms. The first kappa shape index (κ1) is 16.1. The molecule has 28 heavy (non-hydrogen) atoms. The maximum atomic E-state index is 11.3. The lowest BCUT2D eigenvalue weighted by Crippen LogP contribution is -2.10. The summed E-state index contributed by atoms with van der Waals surface area (Å²) in [6.45, 7) is 0. The molecule has 7 nitrogen and oxygen atoms in total. The van der Waals surface area contributed by atoms with Crippen LogP contribution in [0, 0.1) is 0 Å². The number of H-pyrrole nitrogens is 1. The smallest absolute Gasteiger partial charge is 0.248 e. The van der Waals surface area contributed by atoms with E-state index in [1.54, 1.807) is 24.5 Å². The molecule has 0 radical (unpaired) electrons. The van der Waals surface area contributed by atoms with E-state index in [9.17, 15) is 4.79 Å². The molecule has 0 bridgehead atoms. The number of nitrogens with zero attached hydrogens (tertiary/aromatic N) is 3. The standard InChI is InChI=1S/C21H16N6O/c22-19(28)14-3-1-13(2-4-14)18-12-25-20(21-24-9-10-27(18)21)26-16-5-6-17-15(11-16)7-8-23-17/h1-12,23H,(H2,22,28)(H,25,26). The van der Waals surface area contributed by atoms with Crippen LogP contribution in [-0.4, -0.2) is 25.3 Å². The van der Waals surface area contributed by atoms with Gasteiger partial charge in [-0.3, -0.25) is 9.20 Å². The Labute approximate surface area is 159 Å². The van der Waals surface area contributed by atoms with Crippen LogP contribution in [0.2, 0.25) is 0 Å². The summed E-state index contributed by atoms with van der Waals surface area (Å²) < 4.78 is 1.96. The van der Waals surface area contributed by atoms with E-state index in [1.165, 1.54) is 0 Å². The molecule has 0 saturated carbocycles. The van der Waals surface area contributed by atoms with Crippen LogP contribution in [-0.2, 0) is 0 Å². The van der Waals surface area contributed by atoms with Gasteiger partial charge in [-0.05, 0) is 36.4 Å². The number of carbonyl (C=O) groups excluding carboxylic acids is 1. The van der Waals surface area contributed by atoms with Crippen molar-refractivity contribution in [2.24, 2.45) is 5.73 Å². The quantitative estimate of drug-likeness (QED) is 0.450. The minimum atomic E-state index is -0.448. The van der Waals surface area contributed by atoms with Crippen LogP contribution in [0.1, 0.15) is 10.4 Å². The molecule has 0 fully saturated rings. The number of imidazole rings is 1. The number of anilines is 2. The number of nitrogens with two attached hydrogens (primary N) is 1. The van der Waals surface area contributed by atoms with Gasteiger partial charge < -0.3 is 16.0 Å². The summed E-state index contributed by atoms with van der Waals surface area (Å²) >= 11 is 0. The Kier molecular flexibility index (Phi) is 3.58. The summed E-state index contributed by atoms with van der Waals surface area (Å²) in [4.78, 5) is 23.5. The molecular formula is C21H16N6O. The molecule has 3 heterocycles. The van der Waals surface area contributed by atoms with Crippen molar-refractivity contribution in [3.63, 3.8) is 0 Å². The number of rotatable bonds is 4. The van der Waals surface area contributed by atoms with Crippen molar-refractivity contribution in [1.29, 1.82) is 0 Å². The monoisotopic (exact) mass is 368 g/mol. The lowest BCUT2D eigenvalue weighted by Gasteiger charge is -2.11. The number of nitrogens with one attached hydrogen (secondary N) is 2. The van der Waals surface area contributed by atoms with Crippen LogP contribution < -0.4 is 11.1 Å². The molecule has 0 aliphatic heterocycles. The van der Waals surface area contributed by atoms with Gasteiger partial charge >= 0.3 is 0 Å². The Bertz CT molecular complexity index is 1320. The molecule has 3 aromatic heterocycles. The SMILES string of the molecule is NC(=O)c1ccc(-c2cnc(Nc3ccc4[nH]ccc4c3)c3nccn23)cc1. The van der Waals surface area contributed by atoms with Gasteiger partial charge in [-0.15, -0.1) is 0 Å². The highest BCUT2D eigenvalue weighted by Gasteiger charge is 2.11. The third-order valence-corrected chi connectivity index (χ3v) is 4.71. The summed E-state index contributed by atoms with van der Waals surface area (Å²) in [5.74, 6) is 0.216. The van der Waals surface area contributed by atoms with Gasteiger partial charge in [-0.1, -0.05) is 12.1 Å². The lowest BCUT2D eigenvalue weighted by atomic mass is 10.1. The molecule has 4 N–H and O–H groups in total. The Balaban J connectivity index is 1.54. The van der Waals surface area contributed by atoms with Gasteiger partial charge in [0, 0.05) is 46.3 Å². The predicted molar refractivity (Wildman–Crippen MR) is 109 cm³/mol. The molecule has 1 amide bonds. The molecule has 0 saturated heterocycles. The molecule has 7 heteroatoms. The van der Waals surface area contributed by atoms with E-state index >= 15 is 0 Å². The molecule has 0 atom stereocenters. The summed E-state index contributed by atoms with van der Waals surface area (Å²) in [6.07, 6.45) is 7.32. The molecule has 2 aromatic carbocycles. The number of fused-ring (bicyclic) bond motifs is 2. The molecule has 0 unspecified atom stereocenters. The van der Waals surface area contributed by atoms with Gasteiger partial charge in [0.05, 0.1) is 11.9 Å². The van der Waals surface area contributed by atoms with Crippen LogP contribution in [0.25, 0.3) is 27.8 Å². The average molecular weight is 368 g/mol. The van der Waals surface area contributed by atoms with E-state index in [2.05, 4.69) is 26.3 Å². The first-order chi connectivity index (χ1) is 13.7. The maximum Gasteiger partial charge on any atom is 0.248 e. The van der Waals surface area contributed by atoms with Gasteiger partial charge in [0.2, 0.25) is 5.91 Å². The summed E-state index contributed by atoms with van der Waals surface area (Å²) in [5.41, 5.74) is 10.3. The fourth-order valence-electron chi connectivity index (χ4n) is 3.29. The number of aromatic amines is 1. The zero-order valence-corrected chi connectivity index (χ0v) is 14.8. The third-order valence-electron chi connectivity index (χ3n) is 4.71. The minimum Gasteiger partial charge on any atom is -0.366 e. The van der Waals surface area contributed by atoms with Crippen molar-refractivity contribution in [1.82, 2.24) is 19.4 Å². The Morgan fingerprint density at radius 3 is 2.75 bits per heavy atom. The average Bonchev–Trinajstić information content (AvgIpc) is 3.37. The van der Waals surface area contributed by atoms with Crippen molar-refractivity contribution in [2.75, 3.05) is 5.32 Å². The number of hydrogen-bond donors (Lipinski definition) is 3. The number of amides is 1. The second kappa shape index (κ2) is 6.24. The molecule has 5 rings (SSSR count). The van der Waals surface area contributed by atoms with Crippen LogP contribution in [0.5, 0.6) is 0 Å². The Morgan fingerprint density at radius 1 is 1.07 bits per heavy atom. The van der Waals surface area contributed by atoms with E-state index in [0.717, 1.165) is 27.8 Å². The van der Waals surface area contributed by atoms with Crippen molar-refractivity contribution < 1.29 is 4.79 Å².